The van der Waals surface area contributed by atoms with Gasteiger partial charge in [0, 0.05) is 24.9 Å². The third kappa shape index (κ3) is 10.0. The first-order valence-corrected chi connectivity index (χ1v) is 22.5. The van der Waals surface area contributed by atoms with Crippen molar-refractivity contribution in [3.8, 4) is 22.5 Å². The van der Waals surface area contributed by atoms with E-state index < -0.39 is 34.6 Å². The quantitative estimate of drug-likeness (QED) is 0.0300. The second kappa shape index (κ2) is 20.7. The number of ether oxygens (including phenoxy) is 1. The Morgan fingerprint density at radius 1 is 0.750 bits per heavy atom. The van der Waals surface area contributed by atoms with Crippen molar-refractivity contribution in [3.05, 3.63) is 206 Å². The van der Waals surface area contributed by atoms with Crippen LogP contribution in [0.2, 0.25) is 0 Å². The number of esters is 1. The number of benzene rings is 5. The summed E-state index contributed by atoms with van der Waals surface area (Å²) in [5.74, 6) is -0.377. The Morgan fingerprint density at radius 2 is 1.34 bits per heavy atom. The molecule has 5 aromatic carbocycles. The highest BCUT2D eigenvalue weighted by molar-refractivity contribution is 5.89. The molecule has 3 aromatic heterocycles. The van der Waals surface area contributed by atoms with Crippen LogP contribution in [0.15, 0.2) is 153 Å². The highest BCUT2D eigenvalue weighted by Gasteiger charge is 2.41. The van der Waals surface area contributed by atoms with Gasteiger partial charge in [-0.2, -0.15) is 4.84 Å². The Balaban J connectivity index is 1.07. The van der Waals surface area contributed by atoms with Crippen molar-refractivity contribution < 1.29 is 38.6 Å². The lowest BCUT2D eigenvalue weighted by Gasteiger charge is -2.34. The molecule has 0 bridgehead atoms. The fourth-order valence-corrected chi connectivity index (χ4v) is 8.51. The van der Waals surface area contributed by atoms with Crippen LogP contribution in [0.25, 0.3) is 22.5 Å². The summed E-state index contributed by atoms with van der Waals surface area (Å²) in [6.07, 6.45) is 3.12. The van der Waals surface area contributed by atoms with E-state index in [9.17, 15) is 19.6 Å². The monoisotopic (exact) mass is 918 g/mol. The lowest BCUT2D eigenvalue weighted by molar-refractivity contribution is -0.975. The van der Waals surface area contributed by atoms with Crippen LogP contribution in [0.5, 0.6) is 0 Å². The van der Waals surface area contributed by atoms with Gasteiger partial charge in [0.1, 0.15) is 22.0 Å². The van der Waals surface area contributed by atoms with Crippen molar-refractivity contribution in [1.29, 1.82) is 0 Å². The Bertz CT molecular complexity index is 2910. The van der Waals surface area contributed by atoms with Crippen LogP contribution in [-0.2, 0) is 46.7 Å². The summed E-state index contributed by atoms with van der Waals surface area (Å²) in [4.78, 5) is 47.7. The number of aryl methyl sites for hydroxylation is 2. The van der Waals surface area contributed by atoms with Gasteiger partial charge in [0.25, 0.3) is 0 Å². The van der Waals surface area contributed by atoms with Gasteiger partial charge in [-0.1, -0.05) is 146 Å². The van der Waals surface area contributed by atoms with Crippen molar-refractivity contribution in [3.63, 3.8) is 0 Å². The van der Waals surface area contributed by atoms with E-state index in [2.05, 4.69) is 41.2 Å². The first-order valence-electron chi connectivity index (χ1n) is 22.5. The van der Waals surface area contributed by atoms with Gasteiger partial charge in [0.15, 0.2) is 36.0 Å². The highest BCUT2D eigenvalue weighted by atomic mass is 16.9. The van der Waals surface area contributed by atoms with Crippen molar-refractivity contribution >= 4 is 5.97 Å². The Morgan fingerprint density at radius 3 is 1.93 bits per heavy atom. The lowest BCUT2D eigenvalue weighted by Crippen LogP contribution is -2.39. The minimum absolute atomic E-state index is 0.0138. The molecule has 8 aromatic rings. The van der Waals surface area contributed by atoms with Crippen molar-refractivity contribution in [2.75, 3.05) is 6.61 Å². The normalized spacial score (nSPS) is 11.7. The number of unbranched alkanes of at least 4 members (excludes halogenated alkanes) is 2. The predicted octanol–water partition coefficient (Wildman–Crippen LogP) is 8.99. The van der Waals surface area contributed by atoms with E-state index >= 15 is 0 Å². The van der Waals surface area contributed by atoms with Crippen LogP contribution >= 0.6 is 0 Å². The fraction of sp³-hybridized carbons (Fsp3) is 0.269. The minimum atomic E-state index is -1.51. The second-order valence-electron chi connectivity index (χ2n) is 16.8. The lowest BCUT2D eigenvalue weighted by atomic mass is 9.77. The molecule has 0 radical (unpaired) electrons. The predicted molar refractivity (Wildman–Crippen MR) is 249 cm³/mol. The van der Waals surface area contributed by atoms with Gasteiger partial charge >= 0.3 is 16.9 Å². The number of imidazole rings is 1. The molecular weight excluding hydrogens is 867 g/mol. The summed E-state index contributed by atoms with van der Waals surface area (Å²) >= 11 is 0. The number of aliphatic hydroxyl groups is 1. The number of nitrogens with zero attached hydrogens (tertiary/aromatic N) is 7. The summed E-state index contributed by atoms with van der Waals surface area (Å²) < 4.78 is 18.0. The molecule has 0 aliphatic rings. The highest BCUT2D eigenvalue weighted by Crippen LogP contribution is 2.40. The fourth-order valence-electron chi connectivity index (χ4n) is 8.51. The molecule has 0 unspecified atom stereocenters. The summed E-state index contributed by atoms with van der Waals surface area (Å²) in [6, 6.07) is 46.4. The topological polar surface area (TPSA) is 201 Å². The molecule has 0 aliphatic carbocycles. The smallest absolute Gasteiger partial charge is 0.453 e. The third-order valence-electron chi connectivity index (χ3n) is 11.7. The summed E-state index contributed by atoms with van der Waals surface area (Å²) in [7, 11) is 0. The van der Waals surface area contributed by atoms with Gasteiger partial charge < -0.3 is 23.2 Å². The number of tetrazole rings is 1. The molecule has 0 aliphatic heterocycles. The van der Waals surface area contributed by atoms with E-state index in [4.69, 9.17) is 39.2 Å². The zero-order valence-corrected chi connectivity index (χ0v) is 38.0. The second-order valence-corrected chi connectivity index (χ2v) is 16.8. The molecule has 348 valence electrons. The van der Waals surface area contributed by atoms with Crippen molar-refractivity contribution in [1.82, 2.24) is 29.8 Å². The Labute approximate surface area is 391 Å². The van der Waals surface area contributed by atoms with E-state index in [1.165, 1.54) is 0 Å². The number of hydrogen-bond donors (Lipinski definition) is 2. The van der Waals surface area contributed by atoms with Gasteiger partial charge in [0.05, 0.1) is 0 Å². The maximum atomic E-state index is 14.1. The molecule has 0 atom stereocenters. The standard InChI is InChI=1S/C52H52N7O9/c1-4-19-45-53-47(51(2,3)62)46(49(60)65-35-44-43(67-50(61)68-44)28-15-8-18-33-66-59(63)64)57(45)34-36-29-31-37(32-30-36)41-26-16-17-27-42(41)48-54-56-58(55-48)52(38-20-9-5-10-21-38,39-22-11-6-12-23-39)40-24-13-7-14-25-40/h5-7,9-14,16-17,20-27,29-32,62H,4,8,15,18-19,28,33-35H2,1-3H3,(H,63,64)/q+1. The molecule has 3 heterocycles. The SMILES string of the molecule is CCCc1nc(C(C)(C)O)c(C(=O)OCc2oc(=O)oc2CCCCCO[N+](=O)O)n1Cc1ccc(-c2ccccc2-c2nnn(C(c3ccccc3)(c3ccccc3)c3ccccc3)n2)cc1. The van der Waals surface area contributed by atoms with Crippen molar-refractivity contribution in [2.45, 2.75) is 83.6 Å². The number of hydrogen-bond acceptors (Lipinski definition) is 12. The molecule has 0 saturated heterocycles. The summed E-state index contributed by atoms with van der Waals surface area (Å²) in [5.41, 5.74) is 4.15. The van der Waals surface area contributed by atoms with Gasteiger partial charge in [0.2, 0.25) is 5.82 Å². The first-order chi connectivity index (χ1) is 33.0. The van der Waals surface area contributed by atoms with Gasteiger partial charge in [-0.05, 0) is 78.1 Å². The third-order valence-corrected chi connectivity index (χ3v) is 11.7. The van der Waals surface area contributed by atoms with Crippen LogP contribution in [-0.4, -0.2) is 57.7 Å². The zero-order valence-electron chi connectivity index (χ0n) is 38.0. The average molecular weight is 919 g/mol. The van der Waals surface area contributed by atoms with Crippen LogP contribution in [0.3, 0.4) is 0 Å². The maximum absolute atomic E-state index is 14.1. The summed E-state index contributed by atoms with van der Waals surface area (Å²) in [5, 5.41) is 33.9. The largest absolute Gasteiger partial charge is 0.519 e. The molecule has 0 spiro atoms. The van der Waals surface area contributed by atoms with Crippen LogP contribution in [0.1, 0.15) is 102 Å². The van der Waals surface area contributed by atoms with Gasteiger partial charge in [-0.3, -0.25) is 0 Å². The molecule has 16 nitrogen and oxygen atoms in total. The Kier molecular flexibility index (Phi) is 14.2. The van der Waals surface area contributed by atoms with Gasteiger partial charge in [-0.25, -0.2) is 19.8 Å². The molecule has 16 heteroatoms. The minimum Gasteiger partial charge on any atom is -0.453 e. The van der Waals surface area contributed by atoms with Gasteiger partial charge in [-0.15, -0.1) is 15.0 Å². The van der Waals surface area contributed by atoms with E-state index in [0.29, 0.717) is 43.8 Å². The molecule has 68 heavy (non-hydrogen) atoms. The average Bonchev–Trinajstić information content (AvgIpc) is 4.08. The molecule has 0 fully saturated rings. The number of carbonyl (C=O) groups is 1. The molecule has 0 amide bonds. The number of carbonyl (C=O) groups excluding carboxylic acids is 1. The summed E-state index contributed by atoms with van der Waals surface area (Å²) in [6.45, 7) is 4.97. The molecular formula is C52H52N7O9+. The Hall–Kier alpha value is -7.98. The van der Waals surface area contributed by atoms with Crippen LogP contribution < -0.4 is 5.82 Å². The molecule has 0 saturated carbocycles. The molecule has 2 N–H and O–H groups in total. The van der Waals surface area contributed by atoms with Crippen LogP contribution in [0.4, 0.5) is 0 Å². The van der Waals surface area contributed by atoms with E-state index in [1.807, 2.05) is 110 Å². The zero-order chi connectivity index (χ0) is 47.7. The van der Waals surface area contributed by atoms with E-state index in [0.717, 1.165) is 45.4 Å². The van der Waals surface area contributed by atoms with Crippen molar-refractivity contribution in [2.24, 2.45) is 0 Å². The first kappa shape index (κ1) is 46.5. The molecule has 8 rings (SSSR count). The van der Waals surface area contributed by atoms with E-state index in [1.54, 1.807) is 23.2 Å². The number of rotatable bonds is 21. The maximum Gasteiger partial charge on any atom is 0.519 e. The van der Waals surface area contributed by atoms with E-state index in [-0.39, 0.29) is 36.1 Å². The van der Waals surface area contributed by atoms with Crippen LogP contribution in [0, 0.1) is 4.91 Å². The number of aromatic nitrogens is 6.